The number of benzene rings is 1. The van der Waals surface area contributed by atoms with E-state index in [1.807, 2.05) is 19.9 Å². The number of aliphatic carboxylic acids is 1. The molecule has 2 N–H and O–H groups in total. The first-order valence-electron chi connectivity index (χ1n) is 6.14. The highest BCUT2D eigenvalue weighted by Crippen LogP contribution is 2.34. The van der Waals surface area contributed by atoms with E-state index >= 15 is 0 Å². The van der Waals surface area contributed by atoms with Crippen LogP contribution >= 0.6 is 0 Å². The molecule has 0 bridgehead atoms. The van der Waals surface area contributed by atoms with Crippen LogP contribution in [0.25, 0.3) is 0 Å². The molecule has 18 heavy (non-hydrogen) atoms. The number of aliphatic hydroxyl groups is 1. The monoisotopic (exact) mass is 250 g/mol. The average molecular weight is 250 g/mol. The predicted molar refractivity (Wildman–Crippen MR) is 66.7 cm³/mol. The molecule has 1 aliphatic rings. The summed E-state index contributed by atoms with van der Waals surface area (Å²) in [4.78, 5) is 10.9. The first-order chi connectivity index (χ1) is 8.49. The normalized spacial score (nSPS) is 16.4. The zero-order chi connectivity index (χ0) is 13.3. The third kappa shape index (κ3) is 2.82. The van der Waals surface area contributed by atoms with Gasteiger partial charge in [-0.15, -0.1) is 0 Å². The van der Waals surface area contributed by atoms with Crippen LogP contribution < -0.4 is 4.74 Å². The molecule has 98 valence electrons. The van der Waals surface area contributed by atoms with Crippen LogP contribution in [0.1, 0.15) is 35.6 Å². The quantitative estimate of drug-likeness (QED) is 0.840. The standard InChI is InChI=1S/C14H18O4/c1-8-5-9(2)13(18-7-10-3-4-10)11(6-8)12(15)14(16)17/h5-6,10,12,15H,3-4,7H2,1-2H3,(H,16,17). The van der Waals surface area contributed by atoms with Gasteiger partial charge in [-0.1, -0.05) is 11.6 Å². The van der Waals surface area contributed by atoms with Gasteiger partial charge in [0.05, 0.1) is 6.61 Å². The molecule has 0 heterocycles. The van der Waals surface area contributed by atoms with E-state index in [4.69, 9.17) is 9.84 Å². The van der Waals surface area contributed by atoms with Crippen LogP contribution in [0.15, 0.2) is 12.1 Å². The van der Waals surface area contributed by atoms with Crippen molar-refractivity contribution >= 4 is 5.97 Å². The predicted octanol–water partition coefficient (Wildman–Crippen LogP) is 2.21. The Morgan fingerprint density at radius 3 is 2.67 bits per heavy atom. The maximum Gasteiger partial charge on any atom is 0.337 e. The van der Waals surface area contributed by atoms with E-state index in [1.54, 1.807) is 6.07 Å². The summed E-state index contributed by atoms with van der Waals surface area (Å²) in [6.45, 7) is 4.34. The minimum Gasteiger partial charge on any atom is -0.493 e. The second kappa shape index (κ2) is 4.98. The van der Waals surface area contributed by atoms with Gasteiger partial charge in [-0.2, -0.15) is 0 Å². The molecular formula is C14H18O4. The summed E-state index contributed by atoms with van der Waals surface area (Å²) >= 11 is 0. The van der Waals surface area contributed by atoms with Crippen LogP contribution in [-0.4, -0.2) is 22.8 Å². The van der Waals surface area contributed by atoms with Gasteiger partial charge < -0.3 is 14.9 Å². The van der Waals surface area contributed by atoms with Crippen LogP contribution in [0.2, 0.25) is 0 Å². The molecule has 0 spiro atoms. The van der Waals surface area contributed by atoms with E-state index in [-0.39, 0.29) is 0 Å². The minimum absolute atomic E-state index is 0.348. The van der Waals surface area contributed by atoms with E-state index in [0.717, 1.165) is 11.1 Å². The fraction of sp³-hybridized carbons (Fsp3) is 0.500. The average Bonchev–Trinajstić information content (AvgIpc) is 3.09. The van der Waals surface area contributed by atoms with Crippen molar-refractivity contribution in [3.8, 4) is 5.75 Å². The van der Waals surface area contributed by atoms with Gasteiger partial charge in [0.25, 0.3) is 0 Å². The molecule has 4 nitrogen and oxygen atoms in total. The molecule has 2 rings (SSSR count). The molecule has 0 radical (unpaired) electrons. The van der Waals surface area contributed by atoms with Crippen LogP contribution in [-0.2, 0) is 4.79 Å². The van der Waals surface area contributed by atoms with Gasteiger partial charge in [0.2, 0.25) is 0 Å². The number of rotatable bonds is 5. The van der Waals surface area contributed by atoms with Gasteiger partial charge in [-0.3, -0.25) is 0 Å². The van der Waals surface area contributed by atoms with E-state index < -0.39 is 12.1 Å². The smallest absolute Gasteiger partial charge is 0.337 e. The molecule has 1 atom stereocenters. The zero-order valence-corrected chi connectivity index (χ0v) is 10.6. The number of hydrogen-bond acceptors (Lipinski definition) is 3. The van der Waals surface area contributed by atoms with E-state index in [0.29, 0.717) is 23.8 Å². The van der Waals surface area contributed by atoms with Crippen LogP contribution in [0.4, 0.5) is 0 Å². The number of hydrogen-bond donors (Lipinski definition) is 2. The van der Waals surface area contributed by atoms with E-state index in [2.05, 4.69) is 0 Å². The Hall–Kier alpha value is -1.55. The first kappa shape index (κ1) is 12.9. The van der Waals surface area contributed by atoms with Crippen molar-refractivity contribution in [2.75, 3.05) is 6.61 Å². The van der Waals surface area contributed by atoms with Crippen molar-refractivity contribution < 1.29 is 19.7 Å². The van der Waals surface area contributed by atoms with Crippen molar-refractivity contribution in [3.63, 3.8) is 0 Å². The lowest BCUT2D eigenvalue weighted by molar-refractivity contribution is -0.147. The van der Waals surface area contributed by atoms with E-state index in [9.17, 15) is 9.90 Å². The van der Waals surface area contributed by atoms with Gasteiger partial charge >= 0.3 is 5.97 Å². The molecule has 0 aromatic heterocycles. The van der Waals surface area contributed by atoms with Crippen molar-refractivity contribution in [2.45, 2.75) is 32.8 Å². The molecular weight excluding hydrogens is 232 g/mol. The highest BCUT2D eigenvalue weighted by molar-refractivity contribution is 5.75. The molecule has 1 aromatic carbocycles. The fourth-order valence-electron chi connectivity index (χ4n) is 2.01. The number of carbonyl (C=O) groups is 1. The molecule has 0 amide bonds. The SMILES string of the molecule is Cc1cc(C)c(OCC2CC2)c(C(O)C(=O)O)c1. The third-order valence-electron chi connectivity index (χ3n) is 3.14. The van der Waals surface area contributed by atoms with Gasteiger partial charge in [0.15, 0.2) is 6.10 Å². The Labute approximate surface area is 106 Å². The second-order valence-corrected chi connectivity index (χ2v) is 5.00. The number of ether oxygens (including phenoxy) is 1. The van der Waals surface area contributed by atoms with Crippen molar-refractivity contribution in [1.82, 2.24) is 0 Å². The lowest BCUT2D eigenvalue weighted by Crippen LogP contribution is -2.14. The van der Waals surface area contributed by atoms with Gasteiger partial charge in [0, 0.05) is 5.56 Å². The Morgan fingerprint density at radius 1 is 1.44 bits per heavy atom. The third-order valence-corrected chi connectivity index (χ3v) is 3.14. The number of carboxylic acid groups (broad SMARTS) is 1. The van der Waals surface area contributed by atoms with E-state index in [1.165, 1.54) is 12.8 Å². The summed E-state index contributed by atoms with van der Waals surface area (Å²) in [5.41, 5.74) is 2.13. The summed E-state index contributed by atoms with van der Waals surface area (Å²) in [5.74, 6) is -0.154. The molecule has 1 fully saturated rings. The molecule has 0 saturated heterocycles. The molecule has 0 aliphatic heterocycles. The zero-order valence-electron chi connectivity index (χ0n) is 10.6. The van der Waals surface area contributed by atoms with Gasteiger partial charge in [-0.05, 0) is 44.2 Å². The second-order valence-electron chi connectivity index (χ2n) is 5.00. The fourth-order valence-corrected chi connectivity index (χ4v) is 2.01. The lowest BCUT2D eigenvalue weighted by atomic mass is 10.0. The van der Waals surface area contributed by atoms with Crippen LogP contribution in [0.5, 0.6) is 5.75 Å². The number of carboxylic acids is 1. The summed E-state index contributed by atoms with van der Waals surface area (Å²) in [6.07, 6.45) is 0.807. The summed E-state index contributed by atoms with van der Waals surface area (Å²) in [5, 5.41) is 18.7. The molecule has 1 aromatic rings. The Bertz CT molecular complexity index is 463. The summed E-state index contributed by atoms with van der Waals surface area (Å²) < 4.78 is 5.69. The number of aryl methyl sites for hydroxylation is 2. The van der Waals surface area contributed by atoms with Crippen molar-refractivity contribution in [2.24, 2.45) is 5.92 Å². The van der Waals surface area contributed by atoms with Crippen molar-refractivity contribution in [1.29, 1.82) is 0 Å². The maximum atomic E-state index is 10.9. The highest BCUT2D eigenvalue weighted by atomic mass is 16.5. The Balaban J connectivity index is 2.30. The molecule has 1 unspecified atom stereocenters. The van der Waals surface area contributed by atoms with Gasteiger partial charge in [-0.25, -0.2) is 4.79 Å². The largest absolute Gasteiger partial charge is 0.493 e. The lowest BCUT2D eigenvalue weighted by Gasteiger charge is -2.17. The first-order valence-corrected chi connectivity index (χ1v) is 6.14. The van der Waals surface area contributed by atoms with Crippen molar-refractivity contribution in [3.05, 3.63) is 28.8 Å². The topological polar surface area (TPSA) is 66.8 Å². The highest BCUT2D eigenvalue weighted by Gasteiger charge is 2.26. The van der Waals surface area contributed by atoms with Crippen LogP contribution in [0.3, 0.4) is 0 Å². The Morgan fingerprint density at radius 2 is 2.11 bits per heavy atom. The molecule has 1 saturated carbocycles. The van der Waals surface area contributed by atoms with Crippen LogP contribution in [0, 0.1) is 19.8 Å². The Kier molecular flexibility index (Phi) is 3.57. The summed E-state index contributed by atoms with van der Waals surface area (Å²) in [7, 11) is 0. The minimum atomic E-state index is -1.53. The summed E-state index contributed by atoms with van der Waals surface area (Å²) in [6, 6.07) is 3.61. The molecule has 4 heteroatoms. The van der Waals surface area contributed by atoms with Gasteiger partial charge in [0.1, 0.15) is 5.75 Å². The molecule has 1 aliphatic carbocycles. The maximum absolute atomic E-state index is 10.9. The number of aliphatic hydroxyl groups excluding tert-OH is 1.